The van der Waals surface area contributed by atoms with Crippen LogP contribution in [0.25, 0.3) is 32.1 Å². The number of hydrogen-bond donors (Lipinski definition) is 3. The number of fused-ring (bicyclic) bond motifs is 3. The Labute approximate surface area is 167 Å². The van der Waals surface area contributed by atoms with Gasteiger partial charge in [-0.3, -0.25) is 9.78 Å². The molecule has 0 aliphatic rings. The van der Waals surface area contributed by atoms with E-state index in [0.29, 0.717) is 10.6 Å². The third-order valence-electron chi connectivity index (χ3n) is 5.31. The van der Waals surface area contributed by atoms with Gasteiger partial charge >= 0.3 is 0 Å². The first-order valence-corrected chi connectivity index (χ1v) is 10.2. The van der Waals surface area contributed by atoms with Gasteiger partial charge in [-0.05, 0) is 49.9 Å². The summed E-state index contributed by atoms with van der Waals surface area (Å²) in [5, 5.41) is 17.8. The summed E-state index contributed by atoms with van der Waals surface area (Å²) in [5.74, 6) is 0.518. The Morgan fingerprint density at radius 1 is 1.25 bits per heavy atom. The zero-order chi connectivity index (χ0) is 20.0. The number of aromatic hydroxyl groups is 1. The molecule has 4 rings (SSSR count). The Kier molecular flexibility index (Phi) is 4.69. The minimum atomic E-state index is -0.0994. The van der Waals surface area contributed by atoms with Crippen LogP contribution < -0.4 is 10.9 Å². The van der Waals surface area contributed by atoms with Crippen LogP contribution in [0.2, 0.25) is 0 Å². The molecule has 3 aromatic heterocycles. The predicted molar refractivity (Wildman–Crippen MR) is 117 cm³/mol. The molecule has 3 N–H and O–H groups in total. The highest BCUT2D eigenvalue weighted by atomic mass is 32.1. The van der Waals surface area contributed by atoms with Gasteiger partial charge in [0.1, 0.15) is 10.4 Å². The van der Waals surface area contributed by atoms with E-state index in [1.165, 1.54) is 11.3 Å². The molecule has 0 amide bonds. The average molecular weight is 394 g/mol. The topological polar surface area (TPSA) is 78.0 Å². The molecule has 0 fully saturated rings. The Balaban J connectivity index is 2.04. The van der Waals surface area contributed by atoms with E-state index in [2.05, 4.69) is 28.3 Å². The van der Waals surface area contributed by atoms with E-state index in [1.54, 1.807) is 0 Å². The maximum absolute atomic E-state index is 12.5. The largest absolute Gasteiger partial charge is 0.507 e. The van der Waals surface area contributed by atoms with Crippen molar-refractivity contribution in [3.63, 3.8) is 0 Å². The third-order valence-corrected chi connectivity index (χ3v) is 6.22. The molecular formula is C22H23N3O2S. The summed E-state index contributed by atoms with van der Waals surface area (Å²) >= 11 is 1.43. The fraction of sp³-hybridized carbons (Fsp3) is 0.273. The minimum Gasteiger partial charge on any atom is -0.507 e. The van der Waals surface area contributed by atoms with Crippen molar-refractivity contribution in [3.05, 3.63) is 57.0 Å². The SMILES string of the molecule is CNC[C@H](C)c1ccc(-c2c(C)nc(C)c3[nH]c(=O)c4sccc4c23)c(O)c1. The summed E-state index contributed by atoms with van der Waals surface area (Å²) < 4.78 is 0.692. The smallest absolute Gasteiger partial charge is 0.266 e. The molecule has 0 unspecified atom stereocenters. The maximum atomic E-state index is 12.5. The van der Waals surface area contributed by atoms with Gasteiger partial charge in [0.2, 0.25) is 0 Å². The van der Waals surface area contributed by atoms with Gasteiger partial charge in [-0.2, -0.15) is 0 Å². The van der Waals surface area contributed by atoms with Crippen molar-refractivity contribution in [1.29, 1.82) is 0 Å². The molecule has 1 atom stereocenters. The van der Waals surface area contributed by atoms with Gasteiger partial charge in [-0.1, -0.05) is 19.1 Å². The molecule has 5 nitrogen and oxygen atoms in total. The second kappa shape index (κ2) is 7.04. The van der Waals surface area contributed by atoms with Crippen molar-refractivity contribution in [1.82, 2.24) is 15.3 Å². The molecule has 0 aliphatic carbocycles. The van der Waals surface area contributed by atoms with E-state index < -0.39 is 0 Å². The van der Waals surface area contributed by atoms with Crippen molar-refractivity contribution in [2.24, 2.45) is 0 Å². The van der Waals surface area contributed by atoms with E-state index in [-0.39, 0.29) is 11.3 Å². The first-order valence-electron chi connectivity index (χ1n) is 9.30. The van der Waals surface area contributed by atoms with Crippen LogP contribution in [-0.2, 0) is 0 Å². The fourth-order valence-electron chi connectivity index (χ4n) is 3.94. The Morgan fingerprint density at radius 3 is 2.75 bits per heavy atom. The summed E-state index contributed by atoms with van der Waals surface area (Å²) in [6.07, 6.45) is 0. The van der Waals surface area contributed by atoms with Crippen LogP contribution in [0, 0.1) is 13.8 Å². The summed E-state index contributed by atoms with van der Waals surface area (Å²) in [4.78, 5) is 20.1. The minimum absolute atomic E-state index is 0.0994. The van der Waals surface area contributed by atoms with Crippen LogP contribution in [0.1, 0.15) is 29.8 Å². The molecule has 4 aromatic rings. The average Bonchev–Trinajstić information content (AvgIpc) is 3.14. The molecule has 0 spiro atoms. The molecular weight excluding hydrogens is 370 g/mol. The monoisotopic (exact) mass is 393 g/mol. The van der Waals surface area contributed by atoms with Crippen molar-refractivity contribution in [2.75, 3.05) is 13.6 Å². The number of thiophene rings is 1. The number of phenolic OH excluding ortho intramolecular Hbond substituents is 1. The predicted octanol–water partition coefficient (Wildman–Crippen LogP) is 4.45. The van der Waals surface area contributed by atoms with Gasteiger partial charge < -0.3 is 15.4 Å². The number of likely N-dealkylation sites (N-methyl/N-ethyl adjacent to an activating group) is 1. The van der Waals surface area contributed by atoms with Gasteiger partial charge in [0.25, 0.3) is 5.56 Å². The molecule has 0 radical (unpaired) electrons. The lowest BCUT2D eigenvalue weighted by atomic mass is 9.93. The van der Waals surface area contributed by atoms with Crippen molar-refractivity contribution in [2.45, 2.75) is 26.7 Å². The van der Waals surface area contributed by atoms with Crippen LogP contribution >= 0.6 is 11.3 Å². The normalized spacial score (nSPS) is 12.7. The molecule has 28 heavy (non-hydrogen) atoms. The van der Waals surface area contributed by atoms with Gasteiger partial charge in [0.15, 0.2) is 0 Å². The van der Waals surface area contributed by atoms with Crippen LogP contribution in [-0.4, -0.2) is 28.7 Å². The van der Waals surface area contributed by atoms with Gasteiger partial charge in [-0.25, -0.2) is 0 Å². The number of aromatic amines is 1. The lowest BCUT2D eigenvalue weighted by Crippen LogP contribution is -2.14. The number of aryl methyl sites for hydroxylation is 2. The quantitative estimate of drug-likeness (QED) is 0.479. The van der Waals surface area contributed by atoms with Gasteiger partial charge in [-0.15, -0.1) is 11.3 Å². The highest BCUT2D eigenvalue weighted by Crippen LogP contribution is 2.40. The standard InChI is InChI=1S/C22H23N3O2S/c1-11(10-23-4)14-5-6-15(17(26)9-14)18-12(2)24-13(3)20-19(18)16-7-8-28-21(16)22(27)25-20/h5-9,11,23,26H,10H2,1-4H3,(H,25,27)/t11-/m0/s1. The fourth-order valence-corrected chi connectivity index (χ4v) is 4.74. The lowest BCUT2D eigenvalue weighted by Gasteiger charge is -2.17. The van der Waals surface area contributed by atoms with Gasteiger partial charge in [0.05, 0.1) is 11.2 Å². The highest BCUT2D eigenvalue weighted by molar-refractivity contribution is 7.17. The summed E-state index contributed by atoms with van der Waals surface area (Å²) in [7, 11) is 1.92. The summed E-state index contributed by atoms with van der Waals surface area (Å²) in [6, 6.07) is 7.82. The van der Waals surface area contributed by atoms with Crippen molar-refractivity contribution in [3.8, 4) is 16.9 Å². The van der Waals surface area contributed by atoms with Crippen molar-refractivity contribution < 1.29 is 5.11 Å². The molecule has 6 heteroatoms. The number of nitrogens with one attached hydrogen (secondary N) is 2. The number of benzene rings is 1. The summed E-state index contributed by atoms with van der Waals surface area (Å²) in [6.45, 7) is 6.81. The second-order valence-corrected chi connectivity index (χ2v) is 8.18. The number of H-pyrrole nitrogens is 1. The lowest BCUT2D eigenvalue weighted by molar-refractivity contribution is 0.475. The Hall–Kier alpha value is -2.70. The molecule has 0 aliphatic heterocycles. The van der Waals surface area contributed by atoms with E-state index in [4.69, 9.17) is 0 Å². The zero-order valence-electron chi connectivity index (χ0n) is 16.4. The second-order valence-electron chi connectivity index (χ2n) is 7.26. The maximum Gasteiger partial charge on any atom is 0.266 e. The first-order chi connectivity index (χ1) is 13.4. The zero-order valence-corrected chi connectivity index (χ0v) is 17.2. The highest BCUT2D eigenvalue weighted by Gasteiger charge is 2.19. The van der Waals surface area contributed by atoms with E-state index in [1.807, 2.05) is 44.5 Å². The number of hydrogen-bond acceptors (Lipinski definition) is 5. The van der Waals surface area contributed by atoms with E-state index in [0.717, 1.165) is 50.9 Å². The molecule has 1 aromatic carbocycles. The molecule has 0 saturated carbocycles. The van der Waals surface area contributed by atoms with Crippen LogP contribution in [0.5, 0.6) is 5.75 Å². The van der Waals surface area contributed by atoms with Gasteiger partial charge in [0, 0.05) is 34.1 Å². The van der Waals surface area contributed by atoms with Crippen LogP contribution in [0.4, 0.5) is 0 Å². The van der Waals surface area contributed by atoms with E-state index >= 15 is 0 Å². The van der Waals surface area contributed by atoms with Crippen LogP contribution in [0.15, 0.2) is 34.4 Å². The first kappa shape index (κ1) is 18.7. The Morgan fingerprint density at radius 2 is 2.04 bits per heavy atom. The number of pyridine rings is 2. The number of phenols is 1. The van der Waals surface area contributed by atoms with E-state index in [9.17, 15) is 9.90 Å². The Bertz CT molecular complexity index is 1260. The molecule has 144 valence electrons. The molecule has 0 bridgehead atoms. The van der Waals surface area contributed by atoms with Crippen LogP contribution in [0.3, 0.4) is 0 Å². The van der Waals surface area contributed by atoms with Crippen molar-refractivity contribution >= 4 is 32.3 Å². The summed E-state index contributed by atoms with van der Waals surface area (Å²) in [5.41, 5.74) is 4.91. The number of nitrogens with zero attached hydrogens (tertiary/aromatic N) is 1. The molecule has 0 saturated heterocycles. The number of rotatable bonds is 4. The molecule has 3 heterocycles. The third kappa shape index (κ3) is 2.89. The number of aromatic nitrogens is 2.